The SMILES string of the molecule is C=C(C)Cn1c(=O)ccc2cc(C(=O)O)cc(C(C)CC)c21. The molecule has 116 valence electrons. The minimum atomic E-state index is -0.955. The van der Waals surface area contributed by atoms with Crippen molar-refractivity contribution in [3.63, 3.8) is 0 Å². The number of fused-ring (bicyclic) bond motifs is 1. The van der Waals surface area contributed by atoms with E-state index in [0.29, 0.717) is 6.54 Å². The summed E-state index contributed by atoms with van der Waals surface area (Å²) in [6, 6.07) is 6.49. The monoisotopic (exact) mass is 299 g/mol. The van der Waals surface area contributed by atoms with Gasteiger partial charge in [-0.25, -0.2) is 4.79 Å². The molecule has 0 aliphatic carbocycles. The van der Waals surface area contributed by atoms with Crippen molar-refractivity contribution >= 4 is 16.9 Å². The highest BCUT2D eigenvalue weighted by molar-refractivity contribution is 5.95. The summed E-state index contributed by atoms with van der Waals surface area (Å²) < 4.78 is 1.69. The van der Waals surface area contributed by atoms with Crippen LogP contribution in [0.5, 0.6) is 0 Å². The van der Waals surface area contributed by atoms with Crippen molar-refractivity contribution in [1.29, 1.82) is 0 Å². The molecule has 0 spiro atoms. The van der Waals surface area contributed by atoms with E-state index in [1.165, 1.54) is 6.07 Å². The number of carboxylic acids is 1. The van der Waals surface area contributed by atoms with E-state index in [0.717, 1.165) is 28.5 Å². The van der Waals surface area contributed by atoms with Gasteiger partial charge in [-0.15, -0.1) is 0 Å². The van der Waals surface area contributed by atoms with Gasteiger partial charge in [0.2, 0.25) is 0 Å². The maximum atomic E-state index is 12.3. The fraction of sp³-hybridized carbons (Fsp3) is 0.333. The first-order valence-electron chi connectivity index (χ1n) is 7.40. The molecule has 1 aromatic carbocycles. The van der Waals surface area contributed by atoms with Crippen LogP contribution in [0.15, 0.2) is 41.2 Å². The van der Waals surface area contributed by atoms with Crippen molar-refractivity contribution < 1.29 is 9.90 Å². The first-order chi connectivity index (χ1) is 10.3. The summed E-state index contributed by atoms with van der Waals surface area (Å²) in [4.78, 5) is 23.6. The van der Waals surface area contributed by atoms with Gasteiger partial charge in [-0.1, -0.05) is 26.0 Å². The van der Waals surface area contributed by atoms with Crippen LogP contribution >= 0.6 is 0 Å². The second kappa shape index (κ2) is 6.18. The zero-order valence-corrected chi connectivity index (χ0v) is 13.2. The van der Waals surface area contributed by atoms with Crippen molar-refractivity contribution in [1.82, 2.24) is 4.57 Å². The van der Waals surface area contributed by atoms with Gasteiger partial charge in [-0.3, -0.25) is 4.79 Å². The largest absolute Gasteiger partial charge is 0.478 e. The lowest BCUT2D eigenvalue weighted by atomic mass is 9.93. The molecule has 4 heteroatoms. The highest BCUT2D eigenvalue weighted by Gasteiger charge is 2.16. The minimum absolute atomic E-state index is 0.0943. The number of carboxylic acid groups (broad SMARTS) is 1. The maximum Gasteiger partial charge on any atom is 0.335 e. The van der Waals surface area contributed by atoms with Gasteiger partial charge in [-0.05, 0) is 48.4 Å². The average Bonchev–Trinajstić information content (AvgIpc) is 2.47. The third kappa shape index (κ3) is 2.96. The second-order valence-electron chi connectivity index (χ2n) is 5.83. The second-order valence-corrected chi connectivity index (χ2v) is 5.83. The third-order valence-electron chi connectivity index (χ3n) is 3.93. The zero-order chi connectivity index (χ0) is 16.4. The Hall–Kier alpha value is -2.36. The molecule has 0 fully saturated rings. The van der Waals surface area contributed by atoms with E-state index in [2.05, 4.69) is 6.58 Å². The number of hydrogen-bond acceptors (Lipinski definition) is 2. The van der Waals surface area contributed by atoms with Crippen LogP contribution in [0.3, 0.4) is 0 Å². The van der Waals surface area contributed by atoms with E-state index in [9.17, 15) is 14.7 Å². The minimum Gasteiger partial charge on any atom is -0.478 e. The number of pyridine rings is 1. The summed E-state index contributed by atoms with van der Waals surface area (Å²) in [5, 5.41) is 10.1. The molecule has 1 aromatic heterocycles. The Morgan fingerprint density at radius 1 is 1.36 bits per heavy atom. The van der Waals surface area contributed by atoms with Crippen LogP contribution in [0.4, 0.5) is 0 Å². The number of benzene rings is 1. The first kappa shape index (κ1) is 16.0. The molecule has 4 nitrogen and oxygen atoms in total. The molecule has 0 radical (unpaired) electrons. The molecule has 1 N–H and O–H groups in total. The van der Waals surface area contributed by atoms with Gasteiger partial charge in [0.05, 0.1) is 11.1 Å². The molecule has 1 unspecified atom stereocenters. The molecule has 0 saturated carbocycles. The molecule has 2 aromatic rings. The molecule has 0 amide bonds. The van der Waals surface area contributed by atoms with Gasteiger partial charge in [0.25, 0.3) is 5.56 Å². The number of aromatic nitrogens is 1. The quantitative estimate of drug-likeness (QED) is 0.854. The molecule has 2 rings (SSSR count). The summed E-state index contributed by atoms with van der Waals surface area (Å²) in [6.07, 6.45) is 0.869. The van der Waals surface area contributed by atoms with E-state index in [4.69, 9.17) is 0 Å². The van der Waals surface area contributed by atoms with Gasteiger partial charge in [0.15, 0.2) is 0 Å². The standard InChI is InChI=1S/C18H21NO3/c1-5-12(4)15-9-14(18(21)22)8-13-6-7-16(20)19(17(13)15)10-11(2)3/h6-9,12H,2,5,10H2,1,3-4H3,(H,21,22). The van der Waals surface area contributed by atoms with Crippen molar-refractivity contribution in [3.05, 3.63) is 57.9 Å². The maximum absolute atomic E-state index is 12.3. The van der Waals surface area contributed by atoms with Crippen LogP contribution in [-0.2, 0) is 6.54 Å². The van der Waals surface area contributed by atoms with E-state index in [1.54, 1.807) is 22.8 Å². The Balaban J connectivity index is 2.90. The fourth-order valence-electron chi connectivity index (χ4n) is 2.63. The van der Waals surface area contributed by atoms with Crippen LogP contribution < -0.4 is 5.56 Å². The lowest BCUT2D eigenvalue weighted by Crippen LogP contribution is -2.21. The highest BCUT2D eigenvalue weighted by atomic mass is 16.4. The molecule has 22 heavy (non-hydrogen) atoms. The third-order valence-corrected chi connectivity index (χ3v) is 3.93. The molecule has 1 atom stereocenters. The lowest BCUT2D eigenvalue weighted by molar-refractivity contribution is 0.0697. The van der Waals surface area contributed by atoms with E-state index < -0.39 is 5.97 Å². The van der Waals surface area contributed by atoms with Crippen LogP contribution in [0, 0.1) is 0 Å². The number of allylic oxidation sites excluding steroid dienone is 1. The van der Waals surface area contributed by atoms with Crippen LogP contribution in [0.2, 0.25) is 0 Å². The summed E-state index contributed by atoms with van der Waals surface area (Å²) >= 11 is 0. The number of nitrogens with zero attached hydrogens (tertiary/aromatic N) is 1. The topological polar surface area (TPSA) is 59.3 Å². The smallest absolute Gasteiger partial charge is 0.335 e. The van der Waals surface area contributed by atoms with Gasteiger partial charge in [-0.2, -0.15) is 0 Å². The van der Waals surface area contributed by atoms with Gasteiger partial charge in [0, 0.05) is 12.6 Å². The molecule has 1 heterocycles. The number of carbonyl (C=O) groups is 1. The Kier molecular flexibility index (Phi) is 4.50. The van der Waals surface area contributed by atoms with Gasteiger partial charge >= 0.3 is 5.97 Å². The average molecular weight is 299 g/mol. The van der Waals surface area contributed by atoms with Crippen molar-refractivity contribution in [2.24, 2.45) is 0 Å². The number of rotatable bonds is 5. The normalized spacial score (nSPS) is 12.3. The lowest BCUT2D eigenvalue weighted by Gasteiger charge is -2.18. The van der Waals surface area contributed by atoms with Gasteiger partial charge in [0.1, 0.15) is 0 Å². The predicted molar refractivity (Wildman–Crippen MR) is 88.7 cm³/mol. The molecule has 0 saturated heterocycles. The molecule has 0 aliphatic rings. The van der Waals surface area contributed by atoms with Gasteiger partial charge < -0.3 is 9.67 Å². The summed E-state index contributed by atoms with van der Waals surface area (Å²) in [7, 11) is 0. The van der Waals surface area contributed by atoms with E-state index in [-0.39, 0.29) is 17.0 Å². The summed E-state index contributed by atoms with van der Waals surface area (Å²) in [6.45, 7) is 10.3. The van der Waals surface area contributed by atoms with Crippen molar-refractivity contribution in [2.45, 2.75) is 39.7 Å². The highest BCUT2D eigenvalue weighted by Crippen LogP contribution is 2.29. The Bertz CT molecular complexity index is 802. The number of aromatic carboxylic acids is 1. The van der Waals surface area contributed by atoms with Crippen molar-refractivity contribution in [2.75, 3.05) is 0 Å². The van der Waals surface area contributed by atoms with Crippen LogP contribution in [0.1, 0.15) is 49.0 Å². The molecular formula is C18H21NO3. The molecule has 0 aliphatic heterocycles. The molecule has 0 bridgehead atoms. The summed E-state index contributed by atoms with van der Waals surface area (Å²) in [5.74, 6) is -0.788. The van der Waals surface area contributed by atoms with Crippen molar-refractivity contribution in [3.8, 4) is 0 Å². The first-order valence-corrected chi connectivity index (χ1v) is 7.40. The fourth-order valence-corrected chi connectivity index (χ4v) is 2.63. The molecular weight excluding hydrogens is 278 g/mol. The van der Waals surface area contributed by atoms with Crippen LogP contribution in [-0.4, -0.2) is 15.6 Å². The number of hydrogen-bond donors (Lipinski definition) is 1. The Labute approximate surface area is 129 Å². The van der Waals surface area contributed by atoms with E-state index >= 15 is 0 Å². The van der Waals surface area contributed by atoms with E-state index in [1.807, 2.05) is 20.8 Å². The Morgan fingerprint density at radius 3 is 2.59 bits per heavy atom. The summed E-state index contributed by atoms with van der Waals surface area (Å²) in [5.41, 5.74) is 2.75. The van der Waals surface area contributed by atoms with Crippen LogP contribution in [0.25, 0.3) is 10.9 Å². The zero-order valence-electron chi connectivity index (χ0n) is 13.2. The predicted octanol–water partition coefficient (Wildman–Crippen LogP) is 3.79. The Morgan fingerprint density at radius 2 is 2.05 bits per heavy atom.